The van der Waals surface area contributed by atoms with Gasteiger partial charge in [0.05, 0.1) is 6.04 Å². The van der Waals surface area contributed by atoms with Crippen LogP contribution in [0.25, 0.3) is 0 Å². The van der Waals surface area contributed by atoms with E-state index in [1.54, 1.807) is 14.0 Å². The Balaban J connectivity index is 4.23. The van der Waals surface area contributed by atoms with Crippen molar-refractivity contribution in [1.29, 1.82) is 0 Å². The summed E-state index contributed by atoms with van der Waals surface area (Å²) in [4.78, 5) is 22.7. The summed E-state index contributed by atoms with van der Waals surface area (Å²) < 4.78 is 0. The molecule has 0 heterocycles. The fourth-order valence-electron chi connectivity index (χ4n) is 1.15. The molecule has 2 atom stereocenters. The summed E-state index contributed by atoms with van der Waals surface area (Å²) in [7, 11) is 1.55. The van der Waals surface area contributed by atoms with Gasteiger partial charge in [0, 0.05) is 7.05 Å². The molecule has 15 heavy (non-hydrogen) atoms. The summed E-state index contributed by atoms with van der Waals surface area (Å²) in [6, 6.07) is -1.05. The molecule has 0 radical (unpaired) electrons. The van der Waals surface area contributed by atoms with Crippen LogP contribution in [0.1, 0.15) is 33.1 Å². The first-order valence-electron chi connectivity index (χ1n) is 5.30. The van der Waals surface area contributed by atoms with Gasteiger partial charge in [-0.3, -0.25) is 9.59 Å². The maximum absolute atomic E-state index is 11.4. The number of carbonyl (C=O) groups is 2. The molecule has 0 aliphatic carbocycles. The largest absolute Gasteiger partial charge is 0.357 e. The van der Waals surface area contributed by atoms with Crippen LogP contribution in [0, 0.1) is 0 Å². The van der Waals surface area contributed by atoms with Gasteiger partial charge in [-0.1, -0.05) is 19.8 Å². The van der Waals surface area contributed by atoms with Gasteiger partial charge in [0.2, 0.25) is 11.8 Å². The predicted molar refractivity (Wildman–Crippen MR) is 59.2 cm³/mol. The summed E-state index contributed by atoms with van der Waals surface area (Å²) in [6.07, 6.45) is 2.54. The molecule has 0 aromatic carbocycles. The smallest absolute Gasteiger partial charge is 0.242 e. The Hall–Kier alpha value is -1.10. The number of hydrogen-bond acceptors (Lipinski definition) is 3. The van der Waals surface area contributed by atoms with E-state index < -0.39 is 12.1 Å². The van der Waals surface area contributed by atoms with E-state index in [1.165, 1.54) is 0 Å². The van der Waals surface area contributed by atoms with Gasteiger partial charge in [0.15, 0.2) is 0 Å². The van der Waals surface area contributed by atoms with E-state index in [-0.39, 0.29) is 11.8 Å². The van der Waals surface area contributed by atoms with Gasteiger partial charge in [-0.2, -0.15) is 0 Å². The van der Waals surface area contributed by atoms with Gasteiger partial charge in [0.25, 0.3) is 0 Å². The first-order valence-corrected chi connectivity index (χ1v) is 5.30. The molecule has 0 aromatic rings. The number of nitrogens with one attached hydrogen (secondary N) is 2. The maximum atomic E-state index is 11.4. The molecule has 0 saturated carbocycles. The van der Waals surface area contributed by atoms with Crippen LogP contribution in [0.3, 0.4) is 0 Å². The fraction of sp³-hybridized carbons (Fsp3) is 0.800. The van der Waals surface area contributed by atoms with Crippen molar-refractivity contribution in [2.45, 2.75) is 45.2 Å². The molecule has 0 aliphatic heterocycles. The fourth-order valence-corrected chi connectivity index (χ4v) is 1.15. The summed E-state index contributed by atoms with van der Waals surface area (Å²) in [6.45, 7) is 3.63. The SMILES string of the molecule is CCCCC(NC(=O)C(C)N)C(=O)NC. The topological polar surface area (TPSA) is 84.2 Å². The molecule has 2 unspecified atom stereocenters. The number of rotatable bonds is 6. The number of nitrogens with two attached hydrogens (primary N) is 1. The zero-order valence-electron chi connectivity index (χ0n) is 9.67. The van der Waals surface area contributed by atoms with E-state index in [0.717, 1.165) is 12.8 Å². The maximum Gasteiger partial charge on any atom is 0.242 e. The molecule has 4 N–H and O–H groups in total. The Bertz CT molecular complexity index is 217. The normalized spacial score (nSPS) is 14.1. The Morgan fingerprint density at radius 1 is 1.33 bits per heavy atom. The van der Waals surface area contributed by atoms with Gasteiger partial charge in [-0.05, 0) is 13.3 Å². The zero-order valence-corrected chi connectivity index (χ0v) is 9.67. The van der Waals surface area contributed by atoms with Gasteiger partial charge >= 0.3 is 0 Å². The first kappa shape index (κ1) is 13.9. The Labute approximate surface area is 90.8 Å². The molecule has 5 nitrogen and oxygen atoms in total. The van der Waals surface area contributed by atoms with Crippen molar-refractivity contribution in [3.8, 4) is 0 Å². The molecular weight excluding hydrogens is 194 g/mol. The van der Waals surface area contributed by atoms with Crippen LogP contribution in [-0.2, 0) is 9.59 Å². The average molecular weight is 215 g/mol. The van der Waals surface area contributed by atoms with Gasteiger partial charge in [-0.25, -0.2) is 0 Å². The minimum absolute atomic E-state index is 0.169. The van der Waals surface area contributed by atoms with Crippen molar-refractivity contribution in [3.63, 3.8) is 0 Å². The van der Waals surface area contributed by atoms with Gasteiger partial charge in [-0.15, -0.1) is 0 Å². The third-order valence-electron chi connectivity index (χ3n) is 2.14. The molecule has 0 spiro atoms. The second kappa shape index (κ2) is 7.23. The summed E-state index contributed by atoms with van der Waals surface area (Å²) in [5.74, 6) is -0.461. The summed E-state index contributed by atoms with van der Waals surface area (Å²) >= 11 is 0. The molecule has 0 rings (SSSR count). The van der Waals surface area contributed by atoms with Crippen LogP contribution in [0.15, 0.2) is 0 Å². The molecule has 0 bridgehead atoms. The lowest BCUT2D eigenvalue weighted by atomic mass is 10.1. The lowest BCUT2D eigenvalue weighted by Crippen LogP contribution is -2.50. The van der Waals surface area contributed by atoms with Gasteiger partial charge < -0.3 is 16.4 Å². The van der Waals surface area contributed by atoms with E-state index in [4.69, 9.17) is 5.73 Å². The number of unbranched alkanes of at least 4 members (excludes halogenated alkanes) is 1. The van der Waals surface area contributed by atoms with Crippen molar-refractivity contribution in [2.24, 2.45) is 5.73 Å². The highest BCUT2D eigenvalue weighted by Crippen LogP contribution is 2.01. The van der Waals surface area contributed by atoms with Crippen molar-refractivity contribution in [3.05, 3.63) is 0 Å². The van der Waals surface area contributed by atoms with Crippen LogP contribution >= 0.6 is 0 Å². The second-order valence-electron chi connectivity index (χ2n) is 3.61. The van der Waals surface area contributed by atoms with Crippen LogP contribution in [0.4, 0.5) is 0 Å². The van der Waals surface area contributed by atoms with Crippen molar-refractivity contribution in [1.82, 2.24) is 10.6 Å². The lowest BCUT2D eigenvalue weighted by Gasteiger charge is -2.18. The third kappa shape index (κ3) is 5.37. The molecular formula is C10H21N3O2. The van der Waals surface area contributed by atoms with E-state index in [1.807, 2.05) is 6.92 Å². The first-order chi connectivity index (χ1) is 7.02. The minimum atomic E-state index is -0.584. The highest BCUT2D eigenvalue weighted by Gasteiger charge is 2.20. The molecule has 88 valence electrons. The Kier molecular flexibility index (Phi) is 6.70. The predicted octanol–water partition coefficient (Wildman–Crippen LogP) is -0.245. The summed E-state index contributed by atoms with van der Waals surface area (Å²) in [5.41, 5.74) is 5.41. The standard InChI is InChI=1S/C10H21N3O2/c1-4-5-6-8(10(15)12-3)13-9(14)7(2)11/h7-8H,4-6,11H2,1-3H3,(H,12,15)(H,13,14). The van der Waals surface area contributed by atoms with Crippen LogP contribution in [0.5, 0.6) is 0 Å². The number of carbonyl (C=O) groups excluding carboxylic acids is 2. The Morgan fingerprint density at radius 3 is 2.33 bits per heavy atom. The van der Waals surface area contributed by atoms with E-state index in [0.29, 0.717) is 6.42 Å². The Morgan fingerprint density at radius 2 is 1.93 bits per heavy atom. The molecule has 0 saturated heterocycles. The molecule has 0 fully saturated rings. The highest BCUT2D eigenvalue weighted by molar-refractivity contribution is 5.89. The van der Waals surface area contributed by atoms with E-state index in [9.17, 15) is 9.59 Å². The third-order valence-corrected chi connectivity index (χ3v) is 2.14. The van der Waals surface area contributed by atoms with Crippen molar-refractivity contribution >= 4 is 11.8 Å². The lowest BCUT2D eigenvalue weighted by molar-refractivity contribution is -0.129. The minimum Gasteiger partial charge on any atom is -0.357 e. The number of likely N-dealkylation sites (N-methyl/N-ethyl adjacent to an activating group) is 1. The van der Waals surface area contributed by atoms with Crippen LogP contribution in [-0.4, -0.2) is 30.9 Å². The number of amides is 2. The van der Waals surface area contributed by atoms with Crippen molar-refractivity contribution < 1.29 is 9.59 Å². The average Bonchev–Trinajstić information content (AvgIpc) is 2.22. The monoisotopic (exact) mass is 215 g/mol. The number of hydrogen-bond donors (Lipinski definition) is 3. The highest BCUT2D eigenvalue weighted by atomic mass is 16.2. The van der Waals surface area contributed by atoms with Crippen LogP contribution < -0.4 is 16.4 Å². The molecule has 2 amide bonds. The molecule has 0 aliphatic rings. The quantitative estimate of drug-likeness (QED) is 0.571. The van der Waals surface area contributed by atoms with E-state index >= 15 is 0 Å². The van der Waals surface area contributed by atoms with E-state index in [2.05, 4.69) is 10.6 Å². The van der Waals surface area contributed by atoms with Crippen LogP contribution in [0.2, 0.25) is 0 Å². The van der Waals surface area contributed by atoms with Gasteiger partial charge in [0.1, 0.15) is 6.04 Å². The molecule has 0 aromatic heterocycles. The molecule has 5 heteroatoms. The summed E-state index contributed by atoms with van der Waals surface area (Å²) in [5, 5.41) is 5.15. The second-order valence-corrected chi connectivity index (χ2v) is 3.61. The van der Waals surface area contributed by atoms with Crippen molar-refractivity contribution in [2.75, 3.05) is 7.05 Å². The zero-order chi connectivity index (χ0) is 11.8.